The number of nitrogens with zero attached hydrogens (tertiary/aromatic N) is 3. The Morgan fingerprint density at radius 3 is 2.32 bits per heavy atom. The molecular formula is C16H11ClF3N5. The van der Waals surface area contributed by atoms with Gasteiger partial charge in [-0.2, -0.15) is 23.3 Å². The van der Waals surface area contributed by atoms with E-state index in [4.69, 9.17) is 11.6 Å². The molecule has 5 nitrogen and oxygen atoms in total. The third-order valence-corrected chi connectivity index (χ3v) is 3.49. The summed E-state index contributed by atoms with van der Waals surface area (Å²) in [6, 6.07) is 11.6. The van der Waals surface area contributed by atoms with Crippen LogP contribution in [-0.4, -0.2) is 15.2 Å². The van der Waals surface area contributed by atoms with Gasteiger partial charge in [0.2, 0.25) is 5.95 Å². The zero-order valence-electron chi connectivity index (χ0n) is 12.5. The zero-order valence-corrected chi connectivity index (χ0v) is 13.3. The van der Waals surface area contributed by atoms with Crippen molar-refractivity contribution < 1.29 is 13.2 Å². The van der Waals surface area contributed by atoms with E-state index < -0.39 is 11.7 Å². The molecule has 1 heterocycles. The highest BCUT2D eigenvalue weighted by atomic mass is 35.5. The van der Waals surface area contributed by atoms with Crippen molar-refractivity contribution >= 4 is 34.7 Å². The summed E-state index contributed by atoms with van der Waals surface area (Å²) in [7, 11) is 0. The first-order chi connectivity index (χ1) is 11.9. The highest BCUT2D eigenvalue weighted by molar-refractivity contribution is 6.33. The Balaban J connectivity index is 1.75. The molecule has 0 aliphatic heterocycles. The molecule has 9 heteroatoms. The summed E-state index contributed by atoms with van der Waals surface area (Å²) in [5, 5.41) is 13.9. The highest BCUT2D eigenvalue weighted by Gasteiger charge is 2.29. The van der Waals surface area contributed by atoms with Crippen molar-refractivity contribution in [3.05, 3.63) is 65.3 Å². The fraction of sp³-hybridized carbons (Fsp3) is 0.0625. The van der Waals surface area contributed by atoms with Gasteiger partial charge in [0, 0.05) is 5.69 Å². The van der Waals surface area contributed by atoms with Gasteiger partial charge >= 0.3 is 6.18 Å². The van der Waals surface area contributed by atoms with E-state index in [-0.39, 0.29) is 5.95 Å². The molecule has 0 radical (unpaired) electrons. The van der Waals surface area contributed by atoms with Gasteiger partial charge in [-0.25, -0.2) is 0 Å². The van der Waals surface area contributed by atoms with Gasteiger partial charge in [0.1, 0.15) is 0 Å². The molecule has 0 amide bonds. The number of aromatic nitrogens is 3. The van der Waals surface area contributed by atoms with E-state index in [0.717, 1.165) is 12.1 Å². The maximum Gasteiger partial charge on any atom is 0.416 e. The number of halogens is 4. The standard InChI is InChI=1S/C16H11ClF3N5/c17-12-3-1-2-4-13(12)23-15-24-14(9-21-25-15)22-11-7-5-10(6-8-11)16(18,19)20/h1-9H,(H2,22,23,24,25). The minimum atomic E-state index is -4.37. The number of alkyl halides is 3. The highest BCUT2D eigenvalue weighted by Crippen LogP contribution is 2.30. The number of nitrogens with one attached hydrogen (secondary N) is 2. The van der Waals surface area contributed by atoms with Crippen molar-refractivity contribution in [2.45, 2.75) is 6.18 Å². The van der Waals surface area contributed by atoms with Gasteiger partial charge < -0.3 is 10.6 Å². The molecule has 2 N–H and O–H groups in total. The maximum absolute atomic E-state index is 12.6. The average Bonchev–Trinajstić information content (AvgIpc) is 2.57. The Kier molecular flexibility index (Phi) is 4.71. The summed E-state index contributed by atoms with van der Waals surface area (Å²) >= 11 is 6.05. The molecular weight excluding hydrogens is 355 g/mol. The van der Waals surface area contributed by atoms with Crippen molar-refractivity contribution in [2.75, 3.05) is 10.6 Å². The summed E-state index contributed by atoms with van der Waals surface area (Å²) < 4.78 is 37.7. The van der Waals surface area contributed by atoms with Crippen LogP contribution in [0.4, 0.5) is 36.3 Å². The SMILES string of the molecule is FC(F)(F)c1ccc(Nc2cnnc(Nc3ccccc3Cl)n2)cc1. The Hall–Kier alpha value is -2.87. The van der Waals surface area contributed by atoms with Crippen LogP contribution in [0, 0.1) is 0 Å². The number of hydrogen-bond acceptors (Lipinski definition) is 5. The number of benzene rings is 2. The molecule has 0 saturated heterocycles. The van der Waals surface area contributed by atoms with Crippen LogP contribution in [0.2, 0.25) is 5.02 Å². The van der Waals surface area contributed by atoms with Crippen molar-refractivity contribution in [3.8, 4) is 0 Å². The fourth-order valence-corrected chi connectivity index (χ4v) is 2.17. The van der Waals surface area contributed by atoms with Gasteiger partial charge in [0.25, 0.3) is 0 Å². The molecule has 0 aliphatic carbocycles. The van der Waals surface area contributed by atoms with Crippen LogP contribution in [0.1, 0.15) is 5.56 Å². The second kappa shape index (κ2) is 6.94. The number of para-hydroxylation sites is 1. The summed E-state index contributed by atoms with van der Waals surface area (Å²) in [6.07, 6.45) is -3.02. The summed E-state index contributed by atoms with van der Waals surface area (Å²) in [4.78, 5) is 4.20. The monoisotopic (exact) mass is 365 g/mol. The van der Waals surface area contributed by atoms with Crippen LogP contribution in [0.25, 0.3) is 0 Å². The largest absolute Gasteiger partial charge is 0.416 e. The molecule has 0 unspecified atom stereocenters. The lowest BCUT2D eigenvalue weighted by molar-refractivity contribution is -0.137. The molecule has 1 aromatic heterocycles. The van der Waals surface area contributed by atoms with Gasteiger partial charge in [-0.15, -0.1) is 5.10 Å². The van der Waals surface area contributed by atoms with Crippen LogP contribution >= 0.6 is 11.6 Å². The normalized spacial score (nSPS) is 11.2. The van der Waals surface area contributed by atoms with Crippen LogP contribution in [0.3, 0.4) is 0 Å². The molecule has 2 aromatic carbocycles. The molecule has 25 heavy (non-hydrogen) atoms. The predicted molar refractivity (Wildman–Crippen MR) is 89.3 cm³/mol. The van der Waals surface area contributed by atoms with E-state index in [1.54, 1.807) is 24.3 Å². The Bertz CT molecular complexity index is 868. The number of rotatable bonds is 4. The lowest BCUT2D eigenvalue weighted by Gasteiger charge is -2.10. The predicted octanol–water partition coefficient (Wildman–Crippen LogP) is 5.03. The van der Waals surface area contributed by atoms with Crippen molar-refractivity contribution in [1.82, 2.24) is 15.2 Å². The van der Waals surface area contributed by atoms with Gasteiger partial charge in [-0.05, 0) is 36.4 Å². The molecule has 0 fully saturated rings. The summed E-state index contributed by atoms with van der Waals surface area (Å²) in [5.41, 5.74) is 0.328. The quantitative estimate of drug-likeness (QED) is 0.679. The first-order valence-corrected chi connectivity index (χ1v) is 7.45. The van der Waals surface area contributed by atoms with Crippen LogP contribution in [0.15, 0.2) is 54.7 Å². The molecule has 0 bridgehead atoms. The van der Waals surface area contributed by atoms with Crippen molar-refractivity contribution in [3.63, 3.8) is 0 Å². The zero-order chi connectivity index (χ0) is 17.9. The van der Waals surface area contributed by atoms with Crippen LogP contribution < -0.4 is 10.6 Å². The Morgan fingerprint density at radius 1 is 0.920 bits per heavy atom. The Morgan fingerprint density at radius 2 is 1.64 bits per heavy atom. The third-order valence-electron chi connectivity index (χ3n) is 3.16. The van der Waals surface area contributed by atoms with Gasteiger partial charge in [0.15, 0.2) is 5.82 Å². The summed E-state index contributed by atoms with van der Waals surface area (Å²) in [6.45, 7) is 0. The van der Waals surface area contributed by atoms with Gasteiger partial charge in [0.05, 0.1) is 22.5 Å². The summed E-state index contributed by atoms with van der Waals surface area (Å²) in [5.74, 6) is 0.523. The van der Waals surface area contributed by atoms with E-state index in [2.05, 4.69) is 25.8 Å². The molecule has 0 spiro atoms. The average molecular weight is 366 g/mol. The van der Waals surface area contributed by atoms with Gasteiger partial charge in [-0.3, -0.25) is 0 Å². The fourth-order valence-electron chi connectivity index (χ4n) is 1.99. The molecule has 3 rings (SSSR count). The van der Waals surface area contributed by atoms with E-state index in [9.17, 15) is 13.2 Å². The molecule has 128 valence electrons. The topological polar surface area (TPSA) is 62.7 Å². The van der Waals surface area contributed by atoms with Crippen molar-refractivity contribution in [2.24, 2.45) is 0 Å². The third kappa shape index (κ3) is 4.36. The molecule has 0 saturated carbocycles. The van der Waals surface area contributed by atoms with Crippen molar-refractivity contribution in [1.29, 1.82) is 0 Å². The minimum Gasteiger partial charge on any atom is -0.339 e. The maximum atomic E-state index is 12.6. The van der Waals surface area contributed by atoms with E-state index in [1.807, 2.05) is 0 Å². The first-order valence-electron chi connectivity index (χ1n) is 7.07. The van der Waals surface area contributed by atoms with E-state index >= 15 is 0 Å². The molecule has 0 aliphatic rings. The smallest absolute Gasteiger partial charge is 0.339 e. The number of anilines is 4. The minimum absolute atomic E-state index is 0.199. The van der Waals surface area contributed by atoms with E-state index in [0.29, 0.717) is 22.2 Å². The first kappa shape index (κ1) is 17.0. The van der Waals surface area contributed by atoms with Gasteiger partial charge in [-0.1, -0.05) is 23.7 Å². The van der Waals surface area contributed by atoms with Crippen LogP contribution in [-0.2, 0) is 6.18 Å². The second-order valence-corrected chi connectivity index (χ2v) is 5.38. The number of hydrogen-bond donors (Lipinski definition) is 2. The van der Waals surface area contributed by atoms with Crippen LogP contribution in [0.5, 0.6) is 0 Å². The second-order valence-electron chi connectivity index (χ2n) is 4.97. The molecule has 0 atom stereocenters. The lowest BCUT2D eigenvalue weighted by Crippen LogP contribution is -2.05. The lowest BCUT2D eigenvalue weighted by atomic mass is 10.2. The Labute approximate surface area is 145 Å². The van der Waals surface area contributed by atoms with E-state index in [1.165, 1.54) is 18.3 Å². The molecule has 3 aromatic rings.